The minimum atomic E-state index is -5.37. The van der Waals surface area contributed by atoms with Crippen molar-refractivity contribution < 1.29 is 82.0 Å². The van der Waals surface area contributed by atoms with E-state index in [0.29, 0.717) is 25.7 Å². The lowest BCUT2D eigenvalue weighted by atomic mass is 9.85. The van der Waals surface area contributed by atoms with Gasteiger partial charge >= 0.3 is 27.6 Å². The quantitative estimate of drug-likeness (QED) is 0.0124. The van der Waals surface area contributed by atoms with E-state index in [-0.39, 0.29) is 18.9 Å². The fraction of sp³-hybridized carbons (Fsp3) is 0.787. The van der Waals surface area contributed by atoms with Gasteiger partial charge in [0.05, 0.1) is 12.7 Å². The third kappa shape index (κ3) is 31.9. The second-order valence-corrected chi connectivity index (χ2v) is 19.6. The van der Waals surface area contributed by atoms with Crippen molar-refractivity contribution in [1.29, 1.82) is 0 Å². The lowest BCUT2D eigenvalue weighted by Crippen LogP contribution is -2.64. The van der Waals surface area contributed by atoms with Crippen LogP contribution in [0.5, 0.6) is 0 Å². The van der Waals surface area contributed by atoms with Gasteiger partial charge in [0.25, 0.3) is 0 Å². The Balaban J connectivity index is 2.62. The number of carbonyl (C=O) groups excluding carboxylic acids is 2. The van der Waals surface area contributed by atoms with Crippen LogP contribution < -0.4 is 0 Å². The molecule has 0 aromatic carbocycles. The number of phosphoric ester groups is 2. The lowest BCUT2D eigenvalue weighted by molar-refractivity contribution is -0.216. The first-order valence-electron chi connectivity index (χ1n) is 24.3. The molecule has 9 atom stereocenters. The summed E-state index contributed by atoms with van der Waals surface area (Å²) >= 11 is 0. The van der Waals surface area contributed by atoms with Crippen molar-refractivity contribution >= 4 is 27.6 Å². The molecule has 0 spiro atoms. The number of unbranched alkanes of at least 4 members (excludes halogenated alkanes) is 15. The van der Waals surface area contributed by atoms with Gasteiger partial charge in [0, 0.05) is 12.8 Å². The van der Waals surface area contributed by atoms with E-state index in [1.807, 2.05) is 37.3 Å². The van der Waals surface area contributed by atoms with Crippen LogP contribution in [0.1, 0.15) is 174 Å². The van der Waals surface area contributed by atoms with Crippen molar-refractivity contribution in [3.8, 4) is 0 Å². The summed E-state index contributed by atoms with van der Waals surface area (Å²) in [5, 5.41) is 51.0. The zero-order chi connectivity index (χ0) is 49.1. The number of aliphatic hydroxyl groups is 5. The molecule has 19 heteroatoms. The normalized spacial score (nSPS) is 22.4. The topological polar surface area (TPSA) is 276 Å². The molecule has 8 N–H and O–H groups in total. The molecule has 6 unspecified atom stereocenters. The van der Waals surface area contributed by atoms with E-state index in [2.05, 4.69) is 29.7 Å². The molecule has 1 saturated carbocycles. The maximum Gasteiger partial charge on any atom is 0.472 e. The van der Waals surface area contributed by atoms with E-state index in [1.165, 1.54) is 64.2 Å². The fourth-order valence-corrected chi connectivity index (χ4v) is 8.75. The molecular formula is C47H84O17P2. The number of aliphatic hydroxyl groups excluding tert-OH is 5. The summed E-state index contributed by atoms with van der Waals surface area (Å²) in [5.41, 5.74) is 0. The monoisotopic (exact) mass is 983 g/mol. The summed E-state index contributed by atoms with van der Waals surface area (Å²) in [6, 6.07) is 0. The second kappa shape index (κ2) is 37.8. The molecule has 1 aliphatic rings. The number of phosphoric acid groups is 2. The van der Waals surface area contributed by atoms with Crippen LogP contribution in [-0.4, -0.2) is 114 Å². The first-order valence-corrected chi connectivity index (χ1v) is 27.3. The molecule has 0 amide bonds. The van der Waals surface area contributed by atoms with Crippen LogP contribution in [0.4, 0.5) is 0 Å². The van der Waals surface area contributed by atoms with Crippen LogP contribution in [0, 0.1) is 0 Å². The Hall–Kier alpha value is -2.08. The first kappa shape index (κ1) is 61.9. The van der Waals surface area contributed by atoms with Gasteiger partial charge < -0.3 is 49.7 Å². The van der Waals surface area contributed by atoms with Gasteiger partial charge in [-0.1, -0.05) is 159 Å². The standard InChI is InChI=1S/C47H84O17P2/c1-3-5-6-7-8-9-10-11-12-15-19-22-25-28-31-35-41(50)62-39(37-61-66(58,59)64-47-44(53)42(51)43(52)46(45(47)54)63-65(55,56)57)36-60-40(49)34-30-27-24-21-18-16-13-14-17-20-23-26-29-33-38(48)32-4-2/h13,16-17,20-21,24,26,29,38-39,42-48,51-54H,3-12,14-15,18-19,22-23,25,27-28,30-37H2,1-2H3,(H,58,59)(H2,55,56,57)/b16-13-,20-17-,24-21-,29-26-/t38?,39-,42?,43?,44?,45?,46-,47+/m1/s1. The summed E-state index contributed by atoms with van der Waals surface area (Å²) in [6.45, 7) is 2.87. The van der Waals surface area contributed by atoms with Crippen LogP contribution >= 0.6 is 15.6 Å². The number of allylic oxidation sites excluding steroid dienone is 7. The Morgan fingerprint density at radius 2 is 1.02 bits per heavy atom. The average molecular weight is 983 g/mol. The molecule has 17 nitrogen and oxygen atoms in total. The maximum atomic E-state index is 13.0. The van der Waals surface area contributed by atoms with Crippen molar-refractivity contribution in [3.63, 3.8) is 0 Å². The molecule has 1 aliphatic carbocycles. The summed E-state index contributed by atoms with van der Waals surface area (Å²) in [5.74, 6) is -1.29. The largest absolute Gasteiger partial charge is 0.472 e. The summed E-state index contributed by atoms with van der Waals surface area (Å²) in [6.07, 6.45) is 24.2. The Kier molecular flexibility index (Phi) is 35.4. The van der Waals surface area contributed by atoms with Crippen LogP contribution in [0.2, 0.25) is 0 Å². The Morgan fingerprint density at radius 1 is 0.545 bits per heavy atom. The predicted octanol–water partition coefficient (Wildman–Crippen LogP) is 8.26. The van der Waals surface area contributed by atoms with E-state index >= 15 is 0 Å². The maximum absolute atomic E-state index is 13.0. The van der Waals surface area contributed by atoms with Crippen LogP contribution in [0.25, 0.3) is 0 Å². The van der Waals surface area contributed by atoms with Crippen molar-refractivity contribution in [3.05, 3.63) is 48.6 Å². The highest BCUT2D eigenvalue weighted by molar-refractivity contribution is 7.47. The van der Waals surface area contributed by atoms with E-state index in [9.17, 15) is 58.9 Å². The summed E-state index contributed by atoms with van der Waals surface area (Å²) < 4.78 is 49.3. The fourth-order valence-electron chi connectivity index (χ4n) is 7.21. The Labute approximate surface area is 393 Å². The first-order chi connectivity index (χ1) is 31.5. The number of hydrogen-bond acceptors (Lipinski definition) is 14. The molecule has 1 fully saturated rings. The van der Waals surface area contributed by atoms with Crippen LogP contribution in [-0.2, 0) is 41.8 Å². The van der Waals surface area contributed by atoms with Gasteiger partial charge in [0.2, 0.25) is 0 Å². The second-order valence-electron chi connectivity index (χ2n) is 17.0. The molecule has 66 heavy (non-hydrogen) atoms. The SMILES string of the molecule is CCCCCCCCCCCCCCCCCC(=O)O[C@H](COC(=O)CCC/C=C\C/C=C\C/C=C\C/C=C\CC(O)CCC)COP(=O)(O)O[C@H]1C(O)C(O)C(O)[C@@H](OP(=O)(O)O)C1O. The van der Waals surface area contributed by atoms with Crippen molar-refractivity contribution in [2.24, 2.45) is 0 Å². The molecule has 0 aromatic rings. The van der Waals surface area contributed by atoms with E-state index in [0.717, 1.165) is 57.8 Å². The molecule has 0 bridgehead atoms. The summed E-state index contributed by atoms with van der Waals surface area (Å²) in [4.78, 5) is 54.3. The molecule has 0 aliphatic heterocycles. The molecule has 1 rings (SSSR count). The zero-order valence-electron chi connectivity index (χ0n) is 39.5. The number of carbonyl (C=O) groups is 2. The molecular weight excluding hydrogens is 898 g/mol. The van der Waals surface area contributed by atoms with Gasteiger partial charge in [-0.2, -0.15) is 0 Å². The molecule has 0 heterocycles. The smallest absolute Gasteiger partial charge is 0.462 e. The number of esters is 2. The zero-order valence-corrected chi connectivity index (χ0v) is 41.3. The van der Waals surface area contributed by atoms with E-state index in [1.54, 1.807) is 0 Å². The van der Waals surface area contributed by atoms with Gasteiger partial charge in [-0.15, -0.1) is 0 Å². The molecule has 0 radical (unpaired) electrons. The highest BCUT2D eigenvalue weighted by Gasteiger charge is 2.54. The third-order valence-electron chi connectivity index (χ3n) is 11.0. The van der Waals surface area contributed by atoms with E-state index in [4.69, 9.17) is 18.5 Å². The molecule has 0 saturated heterocycles. The Morgan fingerprint density at radius 3 is 1.53 bits per heavy atom. The minimum absolute atomic E-state index is 0.0269. The lowest BCUT2D eigenvalue weighted by Gasteiger charge is -2.43. The van der Waals surface area contributed by atoms with E-state index < -0.39 is 83.5 Å². The predicted molar refractivity (Wildman–Crippen MR) is 252 cm³/mol. The van der Waals surface area contributed by atoms with Crippen LogP contribution in [0.15, 0.2) is 48.6 Å². The van der Waals surface area contributed by atoms with Gasteiger partial charge in [0.15, 0.2) is 6.10 Å². The van der Waals surface area contributed by atoms with Gasteiger partial charge in [0.1, 0.15) is 43.2 Å². The summed E-state index contributed by atoms with van der Waals surface area (Å²) in [7, 11) is -10.7. The number of rotatable bonds is 40. The minimum Gasteiger partial charge on any atom is -0.462 e. The van der Waals surface area contributed by atoms with Crippen LogP contribution in [0.3, 0.4) is 0 Å². The Bertz CT molecular complexity index is 1480. The molecule has 384 valence electrons. The van der Waals surface area contributed by atoms with Gasteiger partial charge in [-0.25, -0.2) is 9.13 Å². The van der Waals surface area contributed by atoms with Crippen molar-refractivity contribution in [2.45, 2.75) is 223 Å². The number of ether oxygens (including phenoxy) is 2. The molecule has 0 aromatic heterocycles. The van der Waals surface area contributed by atoms with Crippen molar-refractivity contribution in [2.75, 3.05) is 13.2 Å². The van der Waals surface area contributed by atoms with Gasteiger partial charge in [-0.3, -0.25) is 23.2 Å². The highest BCUT2D eigenvalue weighted by atomic mass is 31.2. The average Bonchev–Trinajstić information content (AvgIpc) is 3.26. The highest BCUT2D eigenvalue weighted by Crippen LogP contribution is 2.49. The van der Waals surface area contributed by atoms with Crippen molar-refractivity contribution in [1.82, 2.24) is 0 Å². The number of hydrogen-bond donors (Lipinski definition) is 8. The third-order valence-corrected chi connectivity index (χ3v) is 12.5. The van der Waals surface area contributed by atoms with Gasteiger partial charge in [-0.05, 0) is 51.4 Å².